The molecule has 88 valence electrons. The van der Waals surface area contributed by atoms with Gasteiger partial charge in [-0.25, -0.2) is 13.3 Å². The van der Waals surface area contributed by atoms with Gasteiger partial charge in [0.1, 0.15) is 18.4 Å². The summed E-state index contributed by atoms with van der Waals surface area (Å²) >= 11 is 0. The van der Waals surface area contributed by atoms with Crippen LogP contribution in [0.25, 0.3) is 5.69 Å². The largest absolute Gasteiger partial charge is 0.312 e. The molecule has 0 radical (unpaired) electrons. The molecule has 0 spiro atoms. The number of para-hydroxylation sites is 1. The predicted molar refractivity (Wildman–Crippen MR) is 57.2 cm³/mol. The minimum atomic E-state index is -1.17. The molecule has 0 N–H and O–H groups in total. The van der Waals surface area contributed by atoms with Gasteiger partial charge in [0.2, 0.25) is 6.33 Å². The Kier molecular flexibility index (Phi) is 2.39. The maximum absolute atomic E-state index is 13.6. The molecule has 0 amide bonds. The summed E-state index contributed by atoms with van der Waals surface area (Å²) in [5.74, 6) is 0.316. The summed E-state index contributed by atoms with van der Waals surface area (Å²) in [7, 11) is 0. The first kappa shape index (κ1) is 10.4. The Morgan fingerprint density at radius 1 is 1.35 bits per heavy atom. The highest BCUT2D eigenvalue weighted by molar-refractivity contribution is 5.29. The second kappa shape index (κ2) is 3.91. The number of aromatic nitrogens is 3. The summed E-state index contributed by atoms with van der Waals surface area (Å²) in [5.41, 5.74) is 0.846. The molecule has 0 bridgehead atoms. The zero-order chi connectivity index (χ0) is 11.8. The number of hydrogen-bond donors (Lipinski definition) is 0. The van der Waals surface area contributed by atoms with Crippen molar-refractivity contribution < 1.29 is 13.3 Å². The highest BCUT2D eigenvalue weighted by Crippen LogP contribution is 2.29. The summed E-state index contributed by atoms with van der Waals surface area (Å²) < 4.78 is 29.5. The van der Waals surface area contributed by atoms with Crippen LogP contribution < -0.4 is 4.57 Å². The Bertz CT molecular complexity index is 524. The van der Waals surface area contributed by atoms with E-state index in [1.165, 1.54) is 0 Å². The molecule has 0 aliphatic carbocycles. The van der Waals surface area contributed by atoms with E-state index in [2.05, 4.69) is 5.10 Å². The lowest BCUT2D eigenvalue weighted by atomic mass is 10.2. The Morgan fingerprint density at radius 2 is 2.12 bits per heavy atom. The lowest BCUT2D eigenvalue weighted by Crippen LogP contribution is -2.37. The number of hydrogen-bond acceptors (Lipinski definition) is 1. The molecule has 5 heteroatoms. The van der Waals surface area contributed by atoms with Crippen LogP contribution in [0.3, 0.4) is 0 Å². The van der Waals surface area contributed by atoms with E-state index in [0.717, 1.165) is 5.69 Å². The monoisotopic (exact) mass is 236 g/mol. The van der Waals surface area contributed by atoms with E-state index < -0.39 is 18.9 Å². The molecule has 3 rings (SSSR count). The lowest BCUT2D eigenvalue weighted by Gasteiger charge is -2.00. The summed E-state index contributed by atoms with van der Waals surface area (Å²) in [6, 6.07) is 8.99. The Balaban J connectivity index is 2.04. The molecule has 1 aliphatic rings. The number of nitrogens with zero attached hydrogens (tertiary/aromatic N) is 3. The minimum absolute atomic E-state index is 0.189. The van der Waals surface area contributed by atoms with Gasteiger partial charge in [0.15, 0.2) is 6.17 Å². The summed E-state index contributed by atoms with van der Waals surface area (Å²) in [6.45, 7) is -0.557. The van der Waals surface area contributed by atoms with E-state index in [4.69, 9.17) is 0 Å². The van der Waals surface area contributed by atoms with Gasteiger partial charge in [-0.2, -0.15) is 0 Å². The molecular formula is C12H12F2N3+. The van der Waals surface area contributed by atoms with Crippen molar-refractivity contribution in [2.45, 2.75) is 18.6 Å². The van der Waals surface area contributed by atoms with Crippen molar-refractivity contribution in [1.29, 1.82) is 0 Å². The number of benzene rings is 1. The third-order valence-corrected chi connectivity index (χ3v) is 3.06. The normalized spacial score (nSPS) is 22.7. The number of fused-ring (bicyclic) bond motifs is 1. The fourth-order valence-electron chi connectivity index (χ4n) is 2.17. The first-order valence-electron chi connectivity index (χ1n) is 5.55. The quantitative estimate of drug-likeness (QED) is 0.732. The third-order valence-electron chi connectivity index (χ3n) is 3.06. The SMILES string of the molecule is FC[C@H]1CC(F)c2nn(-c3ccccc3)c[n+]21. The molecular weight excluding hydrogens is 224 g/mol. The number of rotatable bonds is 2. The number of alkyl halides is 2. The summed E-state index contributed by atoms with van der Waals surface area (Å²) in [6.07, 6.45) is 0.684. The maximum atomic E-state index is 13.6. The predicted octanol–water partition coefficient (Wildman–Crippen LogP) is 2.08. The Morgan fingerprint density at radius 3 is 2.82 bits per heavy atom. The van der Waals surface area contributed by atoms with Crippen LogP contribution in [0.4, 0.5) is 8.78 Å². The minimum Gasteiger partial charge on any atom is -0.247 e. The molecule has 1 aliphatic heterocycles. The summed E-state index contributed by atoms with van der Waals surface area (Å²) in [5, 5.41) is 4.18. The van der Waals surface area contributed by atoms with Gasteiger partial charge in [0.25, 0.3) is 0 Å². The van der Waals surface area contributed by atoms with Crippen LogP contribution in [0.15, 0.2) is 36.7 Å². The molecule has 1 aromatic heterocycles. The van der Waals surface area contributed by atoms with Gasteiger partial charge in [-0.15, -0.1) is 0 Å². The smallest absolute Gasteiger partial charge is 0.247 e. The fourth-order valence-corrected chi connectivity index (χ4v) is 2.17. The van der Waals surface area contributed by atoms with E-state index >= 15 is 0 Å². The van der Waals surface area contributed by atoms with Gasteiger partial charge in [-0.05, 0) is 12.1 Å². The van der Waals surface area contributed by atoms with Crippen molar-refractivity contribution >= 4 is 0 Å². The third kappa shape index (κ3) is 1.62. The zero-order valence-corrected chi connectivity index (χ0v) is 9.13. The molecule has 0 saturated heterocycles. The molecule has 17 heavy (non-hydrogen) atoms. The first-order chi connectivity index (χ1) is 8.29. The van der Waals surface area contributed by atoms with E-state index in [0.29, 0.717) is 5.82 Å². The van der Waals surface area contributed by atoms with Crippen molar-refractivity contribution in [3.8, 4) is 5.69 Å². The molecule has 3 nitrogen and oxygen atoms in total. The van der Waals surface area contributed by atoms with Gasteiger partial charge >= 0.3 is 5.82 Å². The van der Waals surface area contributed by atoms with Crippen molar-refractivity contribution in [3.05, 3.63) is 42.5 Å². The lowest BCUT2D eigenvalue weighted by molar-refractivity contribution is -0.717. The van der Waals surface area contributed by atoms with Crippen LogP contribution in [-0.2, 0) is 0 Å². The van der Waals surface area contributed by atoms with Gasteiger partial charge in [-0.3, -0.25) is 0 Å². The van der Waals surface area contributed by atoms with Gasteiger partial charge in [0, 0.05) is 11.5 Å². The van der Waals surface area contributed by atoms with Gasteiger partial charge in [-0.1, -0.05) is 22.9 Å². The molecule has 2 aromatic rings. The first-order valence-corrected chi connectivity index (χ1v) is 5.55. The molecule has 2 heterocycles. The van der Waals surface area contributed by atoms with E-state index in [1.807, 2.05) is 30.3 Å². The average Bonchev–Trinajstić information content (AvgIpc) is 2.92. The molecule has 2 atom stereocenters. The van der Waals surface area contributed by atoms with Crippen LogP contribution in [0.2, 0.25) is 0 Å². The van der Waals surface area contributed by atoms with Crippen molar-refractivity contribution in [1.82, 2.24) is 9.78 Å². The standard InChI is InChI=1S/C12H12F2N3/c13-7-10-6-11(14)12-15-17(8-16(10)12)9-4-2-1-3-5-9/h1-5,8,10-11H,6-7H2/q+1/t10-,11?/m1/s1. The van der Waals surface area contributed by atoms with Crippen molar-refractivity contribution in [2.75, 3.05) is 6.67 Å². The van der Waals surface area contributed by atoms with Crippen molar-refractivity contribution in [2.24, 2.45) is 0 Å². The van der Waals surface area contributed by atoms with Crippen LogP contribution >= 0.6 is 0 Å². The average molecular weight is 236 g/mol. The van der Waals surface area contributed by atoms with Crippen LogP contribution in [0, 0.1) is 0 Å². The van der Waals surface area contributed by atoms with Gasteiger partial charge < -0.3 is 0 Å². The Hall–Kier alpha value is -1.78. The van der Waals surface area contributed by atoms with E-state index in [1.54, 1.807) is 15.6 Å². The molecule has 0 fully saturated rings. The zero-order valence-electron chi connectivity index (χ0n) is 9.13. The highest BCUT2D eigenvalue weighted by Gasteiger charge is 2.40. The van der Waals surface area contributed by atoms with Crippen LogP contribution in [0.1, 0.15) is 24.5 Å². The summed E-state index contributed by atoms with van der Waals surface area (Å²) in [4.78, 5) is 0. The van der Waals surface area contributed by atoms with Crippen LogP contribution in [-0.4, -0.2) is 16.5 Å². The molecule has 1 unspecified atom stereocenters. The Labute approximate surface area is 97.3 Å². The second-order valence-electron chi connectivity index (χ2n) is 4.17. The topological polar surface area (TPSA) is 21.7 Å². The second-order valence-corrected chi connectivity index (χ2v) is 4.17. The van der Waals surface area contributed by atoms with Crippen LogP contribution in [0.5, 0.6) is 0 Å². The van der Waals surface area contributed by atoms with Gasteiger partial charge in [0.05, 0.1) is 0 Å². The number of halogens is 2. The van der Waals surface area contributed by atoms with E-state index in [9.17, 15) is 8.78 Å². The molecule has 0 saturated carbocycles. The molecule has 1 aromatic carbocycles. The highest BCUT2D eigenvalue weighted by atomic mass is 19.1. The fraction of sp³-hybridized carbons (Fsp3) is 0.333. The van der Waals surface area contributed by atoms with Crippen molar-refractivity contribution in [3.63, 3.8) is 0 Å². The van der Waals surface area contributed by atoms with E-state index in [-0.39, 0.29) is 6.42 Å². The maximum Gasteiger partial charge on any atom is 0.312 e.